The third-order valence-corrected chi connectivity index (χ3v) is 17.4. The smallest absolute Gasteiger partial charge is 0.162 e. The highest BCUT2D eigenvalue weighted by Gasteiger charge is 2.25. The molecule has 0 radical (unpaired) electrons. The van der Waals surface area contributed by atoms with Crippen molar-refractivity contribution in [1.29, 1.82) is 0 Å². The van der Waals surface area contributed by atoms with Crippen molar-refractivity contribution in [3.8, 4) is 0 Å². The Kier molecular flexibility index (Phi) is 35.8. The standard InChI is InChI=1S/2C12H18.C11H14ClF.C11H15Cl.2C11H14F2.C11H16.C10H13Br.CH4/c2*1-9-6-7-11(10(2)8-9)12(3,4)5;1-7-5-6-8(13)9(10(7)12)11(2,3)4;1-8-5-6-9(10(12)7-8)11(2,3)4;1-7-5-10(13)8(6-9(7)12)11(2,3)4;1-7-5-6-8(11(2,3)4)10(13)9(7)12;1-9-5-7-10(8-6-9)11(2,3)4;1-10(2,3)8-4-6-9(11)7-5-8;/h2*6-8H,1-5H3;5-6H,1-4H3;5-7H,1-4H3;2*5-6H,1-4H3;5-8H,1-4H3;4-7H,1-3H3;1H4. The first-order valence-corrected chi connectivity index (χ1v) is 35.4. The van der Waals surface area contributed by atoms with Crippen LogP contribution in [0.5, 0.6) is 0 Å². The zero-order valence-corrected chi connectivity index (χ0v) is 68.9. The normalized spacial score (nSPS) is 11.6. The lowest BCUT2D eigenvalue weighted by atomic mass is 9.84. The van der Waals surface area contributed by atoms with Gasteiger partial charge in [0.15, 0.2) is 11.6 Å². The Morgan fingerprint density at radius 3 is 0.939 bits per heavy atom. The van der Waals surface area contributed by atoms with Gasteiger partial charge in [0.05, 0.1) is 5.02 Å². The fourth-order valence-corrected chi connectivity index (χ4v) is 11.6. The Hall–Kier alpha value is -5.53. The predicted octanol–water partition coefficient (Wildman–Crippen LogP) is 30.0. The molecule has 98 heavy (non-hydrogen) atoms. The summed E-state index contributed by atoms with van der Waals surface area (Å²) in [6.45, 7) is 68.3. The topological polar surface area (TPSA) is 0 Å². The van der Waals surface area contributed by atoms with Crippen LogP contribution >= 0.6 is 39.1 Å². The summed E-state index contributed by atoms with van der Waals surface area (Å²) >= 11 is 15.6. The fraction of sp³-hybridized carbons (Fsp3) is 0.467. The highest BCUT2D eigenvalue weighted by Crippen LogP contribution is 2.35. The summed E-state index contributed by atoms with van der Waals surface area (Å²) in [7, 11) is 0. The van der Waals surface area contributed by atoms with Crippen molar-refractivity contribution in [2.45, 2.75) is 279 Å². The van der Waals surface area contributed by atoms with E-state index in [1.54, 1.807) is 32.0 Å². The van der Waals surface area contributed by atoms with Gasteiger partial charge in [-0.1, -0.05) is 333 Å². The van der Waals surface area contributed by atoms with E-state index in [4.69, 9.17) is 23.2 Å². The summed E-state index contributed by atoms with van der Waals surface area (Å²) in [6, 6.07) is 45.8. The van der Waals surface area contributed by atoms with Crippen LogP contribution in [0.3, 0.4) is 0 Å². The lowest BCUT2D eigenvalue weighted by Crippen LogP contribution is -2.14. The molecule has 0 saturated heterocycles. The molecule has 8 aromatic rings. The second-order valence-electron chi connectivity index (χ2n) is 34.2. The van der Waals surface area contributed by atoms with Gasteiger partial charge >= 0.3 is 0 Å². The number of hydrogen-bond donors (Lipinski definition) is 0. The first kappa shape index (κ1) is 92.5. The number of aryl methyl sites for hydroxylation is 9. The van der Waals surface area contributed by atoms with Crippen molar-refractivity contribution < 1.29 is 22.0 Å². The van der Waals surface area contributed by atoms with E-state index in [0.717, 1.165) is 15.1 Å². The summed E-state index contributed by atoms with van der Waals surface area (Å²) < 4.78 is 67.6. The van der Waals surface area contributed by atoms with Gasteiger partial charge in [0, 0.05) is 15.1 Å². The Bertz CT molecular complexity index is 3550. The van der Waals surface area contributed by atoms with Crippen molar-refractivity contribution in [3.05, 3.63) is 278 Å². The molecule has 0 bridgehead atoms. The van der Waals surface area contributed by atoms with E-state index in [0.29, 0.717) is 32.8 Å². The fourth-order valence-electron chi connectivity index (χ4n) is 10.3. The van der Waals surface area contributed by atoms with Crippen molar-refractivity contribution >= 4 is 39.1 Å². The molecule has 0 heterocycles. The average Bonchev–Trinajstić information content (AvgIpc) is 0.820. The first-order chi connectivity index (χ1) is 43.7. The van der Waals surface area contributed by atoms with Gasteiger partial charge in [0.1, 0.15) is 17.5 Å². The molecule has 0 nitrogen and oxygen atoms in total. The van der Waals surface area contributed by atoms with Crippen LogP contribution in [-0.2, 0) is 43.3 Å². The molecule has 0 amide bonds. The van der Waals surface area contributed by atoms with Crippen molar-refractivity contribution in [2.75, 3.05) is 0 Å². The molecular weight excluding hydrogens is 1330 g/mol. The lowest BCUT2D eigenvalue weighted by molar-refractivity contribution is 0.461. The van der Waals surface area contributed by atoms with Gasteiger partial charge in [0.2, 0.25) is 0 Å². The van der Waals surface area contributed by atoms with E-state index in [-0.39, 0.29) is 68.2 Å². The molecule has 0 aliphatic rings. The molecule has 8 aromatic carbocycles. The van der Waals surface area contributed by atoms with Gasteiger partial charge in [-0.15, -0.1) is 0 Å². The largest absolute Gasteiger partial charge is 0.207 e. The van der Waals surface area contributed by atoms with E-state index in [1.807, 2.05) is 75.3 Å². The van der Waals surface area contributed by atoms with Gasteiger partial charge < -0.3 is 0 Å². The molecule has 8 heteroatoms. The molecule has 0 aromatic heterocycles. The zero-order valence-electron chi connectivity index (χ0n) is 65.8. The summed E-state index contributed by atoms with van der Waals surface area (Å²) in [4.78, 5) is 0. The Balaban J connectivity index is 0.00000110. The second-order valence-corrected chi connectivity index (χ2v) is 35.9. The van der Waals surface area contributed by atoms with Crippen LogP contribution in [0.4, 0.5) is 22.0 Å². The van der Waals surface area contributed by atoms with Crippen LogP contribution in [0.1, 0.15) is 268 Å². The molecule has 0 unspecified atom stereocenters. The molecule has 8 rings (SSSR count). The van der Waals surface area contributed by atoms with Gasteiger partial charge in [0.25, 0.3) is 0 Å². The van der Waals surface area contributed by atoms with E-state index in [1.165, 1.54) is 79.4 Å². The number of rotatable bonds is 0. The minimum atomic E-state index is -0.729. The Morgan fingerprint density at radius 1 is 0.265 bits per heavy atom. The molecule has 0 N–H and O–H groups in total. The average molecular weight is 1450 g/mol. The molecule has 0 spiro atoms. The zero-order chi connectivity index (χ0) is 75.7. The Morgan fingerprint density at radius 2 is 0.602 bits per heavy atom. The van der Waals surface area contributed by atoms with Gasteiger partial charge in [-0.05, 0) is 214 Å². The molecule has 0 aliphatic carbocycles. The molecule has 0 saturated carbocycles. The van der Waals surface area contributed by atoms with Crippen LogP contribution < -0.4 is 0 Å². The van der Waals surface area contributed by atoms with E-state index >= 15 is 0 Å². The third-order valence-electron chi connectivity index (χ3n) is 16.1. The minimum absolute atomic E-state index is 0. The quantitative estimate of drug-likeness (QED) is 0.133. The maximum absolute atomic E-state index is 13.4. The molecular formula is C90H126BrCl2F5. The second kappa shape index (κ2) is 37.9. The van der Waals surface area contributed by atoms with Crippen molar-refractivity contribution in [1.82, 2.24) is 0 Å². The molecule has 0 atom stereocenters. The third kappa shape index (κ3) is 31.6. The number of hydrogen-bond acceptors (Lipinski definition) is 0. The van der Waals surface area contributed by atoms with Crippen LogP contribution in [0, 0.1) is 91.4 Å². The van der Waals surface area contributed by atoms with Crippen LogP contribution in [0.2, 0.25) is 10.0 Å². The SMILES string of the molecule is C.CC(C)(C)c1ccc(Br)cc1.Cc1cc(F)c(C(C)(C)C)cc1F.Cc1ccc(C(C)(C)C)c(C)c1.Cc1ccc(C(C)(C)C)c(C)c1.Cc1ccc(C(C)(C)C)c(Cl)c1.Cc1ccc(C(C)(C)C)c(F)c1F.Cc1ccc(C(C)(C)C)cc1.Cc1ccc(F)c(C(C)(C)C)c1Cl. The highest BCUT2D eigenvalue weighted by atomic mass is 79.9. The monoisotopic (exact) mass is 1450 g/mol. The molecule has 542 valence electrons. The van der Waals surface area contributed by atoms with Crippen LogP contribution in [0.25, 0.3) is 0 Å². The van der Waals surface area contributed by atoms with Gasteiger partial charge in [-0.2, -0.15) is 0 Å². The Labute approximate surface area is 614 Å². The maximum Gasteiger partial charge on any atom is 0.162 e. The molecule has 0 aliphatic heterocycles. The van der Waals surface area contributed by atoms with E-state index in [2.05, 4.69) is 258 Å². The van der Waals surface area contributed by atoms with E-state index < -0.39 is 11.6 Å². The summed E-state index contributed by atoms with van der Waals surface area (Å²) in [6.07, 6.45) is 0. The summed E-state index contributed by atoms with van der Waals surface area (Å²) in [5, 5.41) is 1.43. The molecule has 0 fully saturated rings. The predicted molar refractivity (Wildman–Crippen MR) is 428 cm³/mol. The summed E-state index contributed by atoms with van der Waals surface area (Å²) in [5.74, 6) is -2.33. The van der Waals surface area contributed by atoms with Crippen LogP contribution in [0.15, 0.2) is 144 Å². The number of halogens is 8. The summed E-state index contributed by atoms with van der Waals surface area (Å²) in [5.41, 5.74) is 18.3. The van der Waals surface area contributed by atoms with Crippen LogP contribution in [-0.4, -0.2) is 0 Å². The van der Waals surface area contributed by atoms with Crippen molar-refractivity contribution in [3.63, 3.8) is 0 Å². The maximum atomic E-state index is 13.4. The van der Waals surface area contributed by atoms with Gasteiger partial charge in [-0.3, -0.25) is 0 Å². The first-order valence-electron chi connectivity index (χ1n) is 33.8. The van der Waals surface area contributed by atoms with Gasteiger partial charge in [-0.25, -0.2) is 22.0 Å². The highest BCUT2D eigenvalue weighted by molar-refractivity contribution is 9.10. The van der Waals surface area contributed by atoms with Crippen molar-refractivity contribution in [2.24, 2.45) is 0 Å². The minimum Gasteiger partial charge on any atom is -0.207 e. The number of benzene rings is 8. The van der Waals surface area contributed by atoms with E-state index in [9.17, 15) is 22.0 Å². The lowest BCUT2D eigenvalue weighted by Gasteiger charge is -2.22.